The molecule has 5 heterocycles. The summed E-state index contributed by atoms with van der Waals surface area (Å²) >= 11 is 6.18. The molecular formula is C26H25ClFN9O. The summed E-state index contributed by atoms with van der Waals surface area (Å²) < 4.78 is 17.1. The van der Waals surface area contributed by atoms with Gasteiger partial charge in [-0.15, -0.1) is 0 Å². The van der Waals surface area contributed by atoms with E-state index in [1.54, 1.807) is 30.3 Å². The van der Waals surface area contributed by atoms with Crippen molar-refractivity contribution in [2.45, 2.75) is 12.5 Å². The topological polar surface area (TPSA) is 100 Å². The van der Waals surface area contributed by atoms with Crippen LogP contribution in [0.4, 0.5) is 16.2 Å². The molecule has 1 fully saturated rings. The van der Waals surface area contributed by atoms with Crippen molar-refractivity contribution in [2.24, 2.45) is 7.05 Å². The maximum absolute atomic E-state index is 13.5. The van der Waals surface area contributed by atoms with Crippen molar-refractivity contribution in [2.75, 3.05) is 36.0 Å². The Morgan fingerprint density at radius 1 is 0.921 bits per heavy atom. The highest BCUT2D eigenvalue weighted by molar-refractivity contribution is 6.31. The average molecular weight is 534 g/mol. The van der Waals surface area contributed by atoms with E-state index in [1.807, 2.05) is 30.2 Å². The van der Waals surface area contributed by atoms with Crippen LogP contribution < -0.4 is 9.80 Å². The SMILES string of the molecule is Cn1cc(-c2cc3c(N4CCN(c5ncc([C@@](C)(O)c6ccc(F)cc6Cl)cn5)CC4)ncnn3c2)cn1. The fourth-order valence-electron chi connectivity index (χ4n) is 4.78. The number of aliphatic hydroxyl groups is 1. The van der Waals surface area contributed by atoms with Gasteiger partial charge in [-0.2, -0.15) is 10.2 Å². The number of fused-ring (bicyclic) bond motifs is 1. The minimum Gasteiger partial charge on any atom is -0.381 e. The predicted molar refractivity (Wildman–Crippen MR) is 142 cm³/mol. The molecule has 0 amide bonds. The second-order valence-electron chi connectivity index (χ2n) is 9.49. The Hall–Kier alpha value is -4.09. The minimum atomic E-state index is -1.47. The highest BCUT2D eigenvalue weighted by Crippen LogP contribution is 2.34. The molecule has 1 atom stereocenters. The molecule has 1 aromatic carbocycles. The number of benzene rings is 1. The molecule has 12 heteroatoms. The van der Waals surface area contributed by atoms with Crippen LogP contribution in [0, 0.1) is 5.82 Å². The third kappa shape index (κ3) is 4.33. The molecule has 6 rings (SSSR count). The van der Waals surface area contributed by atoms with Crippen molar-refractivity contribution in [1.29, 1.82) is 0 Å². The average Bonchev–Trinajstić information content (AvgIpc) is 3.55. The van der Waals surface area contributed by atoms with Crippen LogP contribution in [0.25, 0.3) is 16.6 Å². The predicted octanol–water partition coefficient (Wildman–Crippen LogP) is 3.29. The van der Waals surface area contributed by atoms with E-state index in [9.17, 15) is 9.50 Å². The van der Waals surface area contributed by atoms with Gasteiger partial charge in [0, 0.05) is 85.3 Å². The Morgan fingerprint density at radius 2 is 1.66 bits per heavy atom. The van der Waals surface area contributed by atoms with E-state index in [0.29, 0.717) is 30.2 Å². The lowest BCUT2D eigenvalue weighted by Gasteiger charge is -2.35. The standard InChI is InChI=1S/C26H25ClFN9O/c1-26(38,21-4-3-20(28)10-22(21)27)19-12-29-25(30-13-19)36-7-5-35(6-8-36)24-23-9-17(15-37(23)33-16-31-24)18-11-32-34(2)14-18/h3-4,9-16,38H,5-8H2,1-2H3/t26-/m1/s1. The van der Waals surface area contributed by atoms with Crippen molar-refractivity contribution < 1.29 is 9.50 Å². The van der Waals surface area contributed by atoms with Gasteiger partial charge in [0.2, 0.25) is 5.95 Å². The molecule has 5 aromatic rings. The van der Waals surface area contributed by atoms with Crippen molar-refractivity contribution >= 4 is 28.9 Å². The minimum absolute atomic E-state index is 0.143. The molecule has 0 aliphatic carbocycles. The molecule has 1 N–H and O–H groups in total. The van der Waals surface area contributed by atoms with Gasteiger partial charge in [-0.1, -0.05) is 17.7 Å². The van der Waals surface area contributed by atoms with Crippen molar-refractivity contribution in [1.82, 2.24) is 34.3 Å². The first-order valence-electron chi connectivity index (χ1n) is 12.1. The Balaban J connectivity index is 1.17. The molecule has 194 valence electrons. The zero-order valence-corrected chi connectivity index (χ0v) is 21.6. The summed E-state index contributed by atoms with van der Waals surface area (Å²) in [7, 11) is 1.89. The van der Waals surface area contributed by atoms with Crippen LogP contribution in [0.1, 0.15) is 18.1 Å². The molecule has 1 aliphatic rings. The second kappa shape index (κ2) is 9.34. The van der Waals surface area contributed by atoms with Gasteiger partial charge in [0.05, 0.1) is 6.20 Å². The van der Waals surface area contributed by atoms with E-state index < -0.39 is 11.4 Å². The number of rotatable bonds is 5. The van der Waals surface area contributed by atoms with E-state index in [0.717, 1.165) is 35.6 Å². The first-order valence-corrected chi connectivity index (χ1v) is 12.5. The van der Waals surface area contributed by atoms with Crippen LogP contribution in [-0.4, -0.2) is 65.6 Å². The van der Waals surface area contributed by atoms with Gasteiger partial charge in [-0.25, -0.2) is 23.9 Å². The lowest BCUT2D eigenvalue weighted by Crippen LogP contribution is -2.47. The molecule has 0 radical (unpaired) electrons. The van der Waals surface area contributed by atoms with Gasteiger partial charge in [0.25, 0.3) is 0 Å². The molecule has 38 heavy (non-hydrogen) atoms. The highest BCUT2D eigenvalue weighted by Gasteiger charge is 2.30. The summed E-state index contributed by atoms with van der Waals surface area (Å²) in [6, 6.07) is 6.00. The zero-order chi connectivity index (χ0) is 26.4. The second-order valence-corrected chi connectivity index (χ2v) is 9.89. The smallest absolute Gasteiger partial charge is 0.225 e. The molecule has 1 aliphatic heterocycles. The normalized spacial score (nSPS) is 15.7. The molecule has 0 bridgehead atoms. The van der Waals surface area contributed by atoms with Crippen LogP contribution in [0.15, 0.2) is 61.6 Å². The monoisotopic (exact) mass is 533 g/mol. The quantitative estimate of drug-likeness (QED) is 0.367. The third-order valence-electron chi connectivity index (χ3n) is 6.94. The van der Waals surface area contributed by atoms with Gasteiger partial charge in [0.15, 0.2) is 5.82 Å². The zero-order valence-electron chi connectivity index (χ0n) is 20.8. The summed E-state index contributed by atoms with van der Waals surface area (Å²) in [5.41, 5.74) is 2.38. The summed E-state index contributed by atoms with van der Waals surface area (Å²) in [4.78, 5) is 17.9. The van der Waals surface area contributed by atoms with E-state index in [4.69, 9.17) is 11.6 Å². The first-order chi connectivity index (χ1) is 18.3. The fourth-order valence-corrected chi connectivity index (χ4v) is 5.13. The summed E-state index contributed by atoms with van der Waals surface area (Å²) in [5.74, 6) is 0.982. The molecule has 10 nitrogen and oxygen atoms in total. The van der Waals surface area contributed by atoms with Gasteiger partial charge in [-0.05, 0) is 25.1 Å². The molecule has 0 unspecified atom stereocenters. The summed E-state index contributed by atoms with van der Waals surface area (Å²) in [6.07, 6.45) is 10.5. The molecule has 0 saturated carbocycles. The van der Waals surface area contributed by atoms with Crippen LogP contribution in [0.2, 0.25) is 5.02 Å². The van der Waals surface area contributed by atoms with Gasteiger partial charge in [0.1, 0.15) is 23.3 Å². The van der Waals surface area contributed by atoms with Crippen molar-refractivity contribution in [3.05, 3.63) is 83.5 Å². The molecule has 1 saturated heterocycles. The Kier molecular flexibility index (Phi) is 5.96. The lowest BCUT2D eigenvalue weighted by atomic mass is 9.90. The fraction of sp³-hybridized carbons (Fsp3) is 0.269. The molecule has 4 aromatic heterocycles. The van der Waals surface area contributed by atoms with Crippen LogP contribution >= 0.6 is 11.6 Å². The molecular weight excluding hydrogens is 509 g/mol. The maximum atomic E-state index is 13.5. The number of piperazine rings is 1. The third-order valence-corrected chi connectivity index (χ3v) is 7.25. The number of anilines is 2. The van der Waals surface area contributed by atoms with Gasteiger partial charge >= 0.3 is 0 Å². The molecule has 0 spiro atoms. The summed E-state index contributed by atoms with van der Waals surface area (Å²) in [5, 5.41) is 19.9. The number of aromatic nitrogens is 7. The Bertz CT molecular complexity index is 1610. The van der Waals surface area contributed by atoms with E-state index >= 15 is 0 Å². The van der Waals surface area contributed by atoms with Crippen molar-refractivity contribution in [3.8, 4) is 11.1 Å². The number of aryl methyl sites for hydroxylation is 1. The lowest BCUT2D eigenvalue weighted by molar-refractivity contribution is 0.101. The number of hydrogen-bond acceptors (Lipinski definition) is 8. The first kappa shape index (κ1) is 24.3. The maximum Gasteiger partial charge on any atom is 0.225 e. The van der Waals surface area contributed by atoms with Crippen molar-refractivity contribution in [3.63, 3.8) is 0 Å². The van der Waals surface area contributed by atoms with E-state index in [2.05, 4.69) is 41.0 Å². The van der Waals surface area contributed by atoms with E-state index in [-0.39, 0.29) is 5.02 Å². The Labute approximate surface area is 223 Å². The number of nitrogens with zero attached hydrogens (tertiary/aromatic N) is 9. The van der Waals surface area contributed by atoms with E-state index in [1.165, 1.54) is 18.2 Å². The van der Waals surface area contributed by atoms with Crippen LogP contribution in [-0.2, 0) is 12.6 Å². The van der Waals surface area contributed by atoms with Crippen LogP contribution in [0.5, 0.6) is 0 Å². The number of hydrogen-bond donors (Lipinski definition) is 1. The van der Waals surface area contributed by atoms with Crippen LogP contribution in [0.3, 0.4) is 0 Å². The number of halogens is 2. The van der Waals surface area contributed by atoms with Gasteiger partial charge in [-0.3, -0.25) is 4.68 Å². The van der Waals surface area contributed by atoms with Gasteiger partial charge < -0.3 is 14.9 Å². The largest absolute Gasteiger partial charge is 0.381 e. The Morgan fingerprint density at radius 3 is 2.34 bits per heavy atom. The highest BCUT2D eigenvalue weighted by atomic mass is 35.5. The summed E-state index contributed by atoms with van der Waals surface area (Å²) in [6.45, 7) is 4.45.